The van der Waals surface area contributed by atoms with Gasteiger partial charge in [-0.3, -0.25) is 0 Å². The number of benzene rings is 2. The highest BCUT2D eigenvalue weighted by atomic mass is 79.9. The molecule has 3 nitrogen and oxygen atoms in total. The molecule has 2 aromatic carbocycles. The first-order chi connectivity index (χ1) is 10.1. The summed E-state index contributed by atoms with van der Waals surface area (Å²) in [5.41, 5.74) is 9.20. The van der Waals surface area contributed by atoms with E-state index < -0.39 is 0 Å². The monoisotopic (exact) mass is 361 g/mol. The normalized spacial score (nSPS) is 12.3. The maximum Gasteiger partial charge on any atom is 0.0645 e. The minimum atomic E-state index is -0.256. The Balaban J connectivity index is 1.90. The van der Waals surface area contributed by atoms with Crippen LogP contribution in [0.25, 0.3) is 5.69 Å². The van der Waals surface area contributed by atoms with Crippen molar-refractivity contribution in [3.8, 4) is 5.69 Å². The maximum absolute atomic E-state index is 6.30. The van der Waals surface area contributed by atoms with E-state index >= 15 is 0 Å². The fourth-order valence-electron chi connectivity index (χ4n) is 2.12. The van der Waals surface area contributed by atoms with Gasteiger partial charge in [0.2, 0.25) is 0 Å². The van der Waals surface area contributed by atoms with E-state index in [-0.39, 0.29) is 6.04 Å². The second-order valence-corrected chi connectivity index (χ2v) is 5.97. The van der Waals surface area contributed by atoms with Gasteiger partial charge >= 0.3 is 0 Å². The lowest BCUT2D eigenvalue weighted by molar-refractivity contribution is 0.861. The molecule has 106 valence electrons. The van der Waals surface area contributed by atoms with Gasteiger partial charge < -0.3 is 5.73 Å². The molecule has 0 aliphatic heterocycles. The highest BCUT2D eigenvalue weighted by Crippen LogP contribution is 2.28. The van der Waals surface area contributed by atoms with Gasteiger partial charge in [0.05, 0.1) is 22.9 Å². The van der Waals surface area contributed by atoms with Crippen molar-refractivity contribution in [2.45, 2.75) is 6.04 Å². The van der Waals surface area contributed by atoms with Crippen molar-refractivity contribution >= 4 is 27.5 Å². The summed E-state index contributed by atoms with van der Waals surface area (Å²) in [4.78, 5) is 0. The molecule has 0 aliphatic rings. The van der Waals surface area contributed by atoms with E-state index in [1.807, 2.05) is 59.4 Å². The van der Waals surface area contributed by atoms with Crippen LogP contribution in [0.15, 0.2) is 65.4 Å². The Morgan fingerprint density at radius 3 is 2.57 bits per heavy atom. The third kappa shape index (κ3) is 3.02. The van der Waals surface area contributed by atoms with Gasteiger partial charge in [-0.25, -0.2) is 4.68 Å². The van der Waals surface area contributed by atoms with Crippen molar-refractivity contribution in [3.05, 3.63) is 81.5 Å². The Kier molecular flexibility index (Phi) is 4.10. The smallest absolute Gasteiger partial charge is 0.0645 e. The quantitative estimate of drug-likeness (QED) is 0.753. The SMILES string of the molecule is NC(c1ccc(Br)c(Cl)c1)c1cnn(-c2ccccc2)c1. The second-order valence-electron chi connectivity index (χ2n) is 4.71. The number of aromatic nitrogens is 2. The van der Waals surface area contributed by atoms with Gasteiger partial charge in [-0.1, -0.05) is 35.9 Å². The summed E-state index contributed by atoms with van der Waals surface area (Å²) in [6, 6.07) is 15.4. The molecule has 0 fully saturated rings. The molecule has 1 unspecified atom stereocenters. The van der Waals surface area contributed by atoms with Crippen LogP contribution >= 0.6 is 27.5 Å². The summed E-state index contributed by atoms with van der Waals surface area (Å²) in [6.07, 6.45) is 3.73. The summed E-state index contributed by atoms with van der Waals surface area (Å²) in [6.45, 7) is 0. The van der Waals surface area contributed by atoms with Gasteiger partial charge in [0.25, 0.3) is 0 Å². The number of nitrogens with zero attached hydrogens (tertiary/aromatic N) is 2. The van der Waals surface area contributed by atoms with Crippen LogP contribution in [-0.4, -0.2) is 9.78 Å². The van der Waals surface area contributed by atoms with E-state index in [4.69, 9.17) is 17.3 Å². The van der Waals surface area contributed by atoms with Gasteiger partial charge in [-0.15, -0.1) is 0 Å². The number of hydrogen-bond acceptors (Lipinski definition) is 2. The van der Waals surface area contributed by atoms with Crippen LogP contribution in [0.1, 0.15) is 17.2 Å². The van der Waals surface area contributed by atoms with Gasteiger partial charge in [0, 0.05) is 16.2 Å². The van der Waals surface area contributed by atoms with E-state index in [9.17, 15) is 0 Å². The molecular weight excluding hydrogens is 350 g/mol. The molecule has 5 heteroatoms. The molecule has 1 aromatic heterocycles. The summed E-state index contributed by atoms with van der Waals surface area (Å²) >= 11 is 9.50. The molecule has 0 amide bonds. The Morgan fingerprint density at radius 2 is 1.86 bits per heavy atom. The van der Waals surface area contributed by atoms with Gasteiger partial charge in [-0.05, 0) is 45.8 Å². The van der Waals surface area contributed by atoms with Crippen LogP contribution in [0.2, 0.25) is 5.02 Å². The van der Waals surface area contributed by atoms with Crippen LogP contribution in [0.3, 0.4) is 0 Å². The summed E-state index contributed by atoms with van der Waals surface area (Å²) < 4.78 is 2.68. The lowest BCUT2D eigenvalue weighted by atomic mass is 10.0. The van der Waals surface area contributed by atoms with Gasteiger partial charge in [0.15, 0.2) is 0 Å². The van der Waals surface area contributed by atoms with Crippen molar-refractivity contribution in [1.82, 2.24) is 9.78 Å². The first kappa shape index (κ1) is 14.3. The average Bonchev–Trinajstić information content (AvgIpc) is 3.00. The number of rotatable bonds is 3. The van der Waals surface area contributed by atoms with Crippen LogP contribution in [-0.2, 0) is 0 Å². The minimum absolute atomic E-state index is 0.256. The molecule has 1 atom stereocenters. The third-order valence-corrected chi connectivity index (χ3v) is 4.52. The lowest BCUT2D eigenvalue weighted by Crippen LogP contribution is -2.11. The fraction of sp³-hybridized carbons (Fsp3) is 0.0625. The number of para-hydroxylation sites is 1. The van der Waals surface area contributed by atoms with Crippen molar-refractivity contribution in [2.75, 3.05) is 0 Å². The first-order valence-electron chi connectivity index (χ1n) is 6.45. The maximum atomic E-state index is 6.30. The molecule has 3 rings (SSSR count). The molecule has 2 N–H and O–H groups in total. The van der Waals surface area contributed by atoms with E-state index in [1.54, 1.807) is 6.20 Å². The van der Waals surface area contributed by atoms with E-state index in [1.165, 1.54) is 0 Å². The highest BCUT2D eigenvalue weighted by molar-refractivity contribution is 9.10. The first-order valence-corrected chi connectivity index (χ1v) is 7.63. The van der Waals surface area contributed by atoms with Crippen molar-refractivity contribution in [3.63, 3.8) is 0 Å². The van der Waals surface area contributed by atoms with Crippen LogP contribution in [0.4, 0.5) is 0 Å². The Morgan fingerprint density at radius 1 is 1.10 bits per heavy atom. The summed E-state index contributed by atoms with van der Waals surface area (Å²) in [5, 5.41) is 5.02. The van der Waals surface area contributed by atoms with Gasteiger partial charge in [-0.2, -0.15) is 5.10 Å². The zero-order valence-electron chi connectivity index (χ0n) is 11.1. The highest BCUT2D eigenvalue weighted by Gasteiger charge is 2.13. The molecule has 0 saturated carbocycles. The molecule has 1 heterocycles. The molecule has 3 aromatic rings. The molecule has 0 radical (unpaired) electrons. The Hall–Kier alpha value is -1.62. The Labute approximate surface area is 136 Å². The third-order valence-electron chi connectivity index (χ3n) is 3.29. The second kappa shape index (κ2) is 6.02. The van der Waals surface area contributed by atoms with Crippen molar-refractivity contribution < 1.29 is 0 Å². The summed E-state index contributed by atoms with van der Waals surface area (Å²) in [5.74, 6) is 0. The minimum Gasteiger partial charge on any atom is -0.320 e. The largest absolute Gasteiger partial charge is 0.320 e. The predicted molar refractivity (Wildman–Crippen MR) is 88.7 cm³/mol. The molecule has 0 bridgehead atoms. The van der Waals surface area contributed by atoms with Crippen molar-refractivity contribution in [2.24, 2.45) is 5.73 Å². The van der Waals surface area contributed by atoms with E-state index in [0.29, 0.717) is 5.02 Å². The molecular formula is C16H13BrClN3. The standard InChI is InChI=1S/C16H13BrClN3/c17-14-7-6-11(8-15(14)18)16(19)12-9-20-21(10-12)13-4-2-1-3-5-13/h1-10,16H,19H2. The Bertz CT molecular complexity index is 755. The van der Waals surface area contributed by atoms with Gasteiger partial charge in [0.1, 0.15) is 0 Å². The number of halogens is 2. The van der Waals surface area contributed by atoms with Crippen LogP contribution in [0, 0.1) is 0 Å². The number of hydrogen-bond donors (Lipinski definition) is 1. The zero-order valence-corrected chi connectivity index (χ0v) is 13.4. The predicted octanol–water partition coefficient (Wildman–Crippen LogP) is 4.34. The number of nitrogens with two attached hydrogens (primary N) is 1. The molecule has 21 heavy (non-hydrogen) atoms. The molecule has 0 spiro atoms. The van der Waals surface area contributed by atoms with Crippen molar-refractivity contribution in [1.29, 1.82) is 0 Å². The summed E-state index contributed by atoms with van der Waals surface area (Å²) in [7, 11) is 0. The van der Waals surface area contributed by atoms with Crippen LogP contribution < -0.4 is 5.73 Å². The van der Waals surface area contributed by atoms with Crippen LogP contribution in [0.5, 0.6) is 0 Å². The van der Waals surface area contributed by atoms with E-state index in [2.05, 4.69) is 21.0 Å². The fourth-order valence-corrected chi connectivity index (χ4v) is 2.55. The molecule has 0 saturated heterocycles. The topological polar surface area (TPSA) is 43.8 Å². The van der Waals surface area contributed by atoms with E-state index in [0.717, 1.165) is 21.3 Å². The average molecular weight is 363 g/mol. The molecule has 0 aliphatic carbocycles. The lowest BCUT2D eigenvalue weighted by Gasteiger charge is -2.10. The zero-order chi connectivity index (χ0) is 14.8.